The van der Waals surface area contributed by atoms with E-state index in [1.807, 2.05) is 4.90 Å². The maximum absolute atomic E-state index is 15.1. The Bertz CT molecular complexity index is 1210. The summed E-state index contributed by atoms with van der Waals surface area (Å²) in [4.78, 5) is 31.4. The van der Waals surface area contributed by atoms with Gasteiger partial charge >= 0.3 is 5.69 Å². The molecule has 0 spiro atoms. The van der Waals surface area contributed by atoms with Gasteiger partial charge < -0.3 is 15.2 Å². The van der Waals surface area contributed by atoms with Crippen LogP contribution in [0.1, 0.15) is 36.8 Å². The van der Waals surface area contributed by atoms with Gasteiger partial charge in [-0.2, -0.15) is 4.68 Å². The molecule has 152 valence electrons. The molecule has 2 fully saturated rings. The zero-order valence-electron chi connectivity index (χ0n) is 16.1. The number of hydrogen-bond donors (Lipinski definition) is 1. The van der Waals surface area contributed by atoms with Crippen LogP contribution in [0.4, 0.5) is 10.1 Å². The van der Waals surface area contributed by atoms with Gasteiger partial charge in [-0.15, -0.1) is 0 Å². The van der Waals surface area contributed by atoms with Crippen molar-refractivity contribution in [2.45, 2.75) is 38.6 Å². The highest BCUT2D eigenvalue weighted by molar-refractivity contribution is 5.87. The molecule has 2 aromatic heterocycles. The van der Waals surface area contributed by atoms with Crippen molar-refractivity contribution in [2.75, 3.05) is 23.8 Å². The molecule has 1 atom stereocenters. The molecule has 29 heavy (non-hydrogen) atoms. The van der Waals surface area contributed by atoms with Crippen LogP contribution in [0, 0.1) is 18.7 Å². The summed E-state index contributed by atoms with van der Waals surface area (Å²) in [5.41, 5.74) is 0.345. The molecule has 2 aliphatic rings. The Hall–Kier alpha value is -3.10. The van der Waals surface area contributed by atoms with Crippen molar-refractivity contribution in [3.05, 3.63) is 56.6 Å². The average Bonchev–Trinajstić information content (AvgIpc) is 3.20. The Morgan fingerprint density at radius 1 is 1.31 bits per heavy atom. The van der Waals surface area contributed by atoms with E-state index in [1.165, 1.54) is 6.07 Å². The first-order valence-corrected chi connectivity index (χ1v) is 9.84. The minimum atomic E-state index is -0.668. The second-order valence-corrected chi connectivity index (χ2v) is 8.02. The molecule has 1 aliphatic carbocycles. The van der Waals surface area contributed by atoms with E-state index in [2.05, 4.69) is 4.98 Å². The van der Waals surface area contributed by atoms with E-state index in [0.717, 1.165) is 19.3 Å². The summed E-state index contributed by atoms with van der Waals surface area (Å²) in [5, 5.41) is 0.147. The molecule has 1 aromatic carbocycles. The van der Waals surface area contributed by atoms with Crippen molar-refractivity contribution in [1.82, 2.24) is 14.2 Å². The number of nitrogens with zero attached hydrogens (tertiary/aromatic N) is 4. The molecule has 1 saturated carbocycles. The third-order valence-electron chi connectivity index (χ3n) is 6.03. The number of aromatic nitrogens is 3. The Kier molecular flexibility index (Phi) is 4.01. The first kappa shape index (κ1) is 18.0. The molecule has 9 heteroatoms. The number of nitrogen functional groups attached to an aromatic ring is 1. The number of aryl methyl sites for hydroxylation is 1. The molecule has 8 nitrogen and oxygen atoms in total. The Balaban J connectivity index is 1.60. The maximum Gasteiger partial charge on any atom is 0.350 e. The highest BCUT2D eigenvalue weighted by Gasteiger charge is 2.32. The smallest absolute Gasteiger partial charge is 0.350 e. The van der Waals surface area contributed by atoms with Crippen molar-refractivity contribution >= 4 is 16.6 Å². The summed E-state index contributed by atoms with van der Waals surface area (Å²) in [5.74, 6) is 6.19. The van der Waals surface area contributed by atoms with Crippen LogP contribution in [0.3, 0.4) is 0 Å². The summed E-state index contributed by atoms with van der Waals surface area (Å²) < 4.78 is 22.6. The van der Waals surface area contributed by atoms with Crippen LogP contribution in [-0.4, -0.2) is 27.3 Å². The van der Waals surface area contributed by atoms with Gasteiger partial charge in [-0.1, -0.05) is 0 Å². The fraction of sp³-hybridized carbons (Fsp3) is 0.450. The zero-order chi connectivity index (χ0) is 20.3. The predicted octanol–water partition coefficient (Wildman–Crippen LogP) is 1.72. The van der Waals surface area contributed by atoms with Gasteiger partial charge in [-0.3, -0.25) is 9.36 Å². The standard InChI is InChI=1S/C20H22FN5O3/c1-11-17-14(19(27)26(22)20(28)25(17)13-2-3-13)9-15(21)18(11)24-6-4-12(10-24)8-16-23-5-7-29-16/h5,7,9,12-13H,2-4,6,8,10,22H2,1H3. The Labute approximate surface area is 165 Å². The van der Waals surface area contributed by atoms with Gasteiger partial charge in [-0.05, 0) is 38.2 Å². The molecule has 1 aliphatic heterocycles. The second-order valence-electron chi connectivity index (χ2n) is 8.02. The van der Waals surface area contributed by atoms with Gasteiger partial charge in [0, 0.05) is 31.1 Å². The molecule has 3 aromatic rings. The van der Waals surface area contributed by atoms with Crippen molar-refractivity contribution < 1.29 is 8.81 Å². The van der Waals surface area contributed by atoms with E-state index in [-0.39, 0.29) is 11.4 Å². The van der Waals surface area contributed by atoms with Crippen LogP contribution in [0.15, 0.2) is 32.5 Å². The highest BCUT2D eigenvalue weighted by Crippen LogP contribution is 2.39. The van der Waals surface area contributed by atoms with Crippen molar-refractivity contribution in [2.24, 2.45) is 5.92 Å². The fourth-order valence-corrected chi connectivity index (χ4v) is 4.52. The fourth-order valence-electron chi connectivity index (χ4n) is 4.52. The van der Waals surface area contributed by atoms with Crippen molar-refractivity contribution in [1.29, 1.82) is 0 Å². The maximum atomic E-state index is 15.1. The van der Waals surface area contributed by atoms with Crippen molar-refractivity contribution in [3.8, 4) is 0 Å². The summed E-state index contributed by atoms with van der Waals surface area (Å²) >= 11 is 0. The number of rotatable bonds is 4. The molecule has 2 N–H and O–H groups in total. The molecule has 1 saturated heterocycles. The van der Waals surface area contributed by atoms with Crippen LogP contribution < -0.4 is 22.0 Å². The molecule has 0 amide bonds. The largest absolute Gasteiger partial charge is 0.449 e. The number of halogens is 1. The van der Waals surface area contributed by atoms with E-state index in [0.29, 0.717) is 52.8 Å². The molecule has 0 radical (unpaired) electrons. The highest BCUT2D eigenvalue weighted by atomic mass is 19.1. The lowest BCUT2D eigenvalue weighted by Crippen LogP contribution is -2.44. The number of nitrogens with two attached hydrogens (primary N) is 1. The second kappa shape index (κ2) is 6.47. The van der Waals surface area contributed by atoms with E-state index >= 15 is 4.39 Å². The number of fused-ring (bicyclic) bond motifs is 1. The van der Waals surface area contributed by atoms with Crippen LogP contribution in [0.5, 0.6) is 0 Å². The lowest BCUT2D eigenvalue weighted by molar-refractivity contribution is 0.444. The molecular weight excluding hydrogens is 377 g/mol. The van der Waals surface area contributed by atoms with Crippen molar-refractivity contribution in [3.63, 3.8) is 0 Å². The third kappa shape index (κ3) is 2.83. The lowest BCUT2D eigenvalue weighted by atomic mass is 10.0. The molecule has 0 bridgehead atoms. The topological polar surface area (TPSA) is 99.3 Å². The van der Waals surface area contributed by atoms with E-state index in [9.17, 15) is 9.59 Å². The Morgan fingerprint density at radius 2 is 2.10 bits per heavy atom. The van der Waals surface area contributed by atoms with Gasteiger partial charge in [0.2, 0.25) is 0 Å². The van der Waals surface area contributed by atoms with Gasteiger partial charge in [0.05, 0.1) is 22.8 Å². The number of anilines is 1. The van der Waals surface area contributed by atoms with Gasteiger partial charge in [0.25, 0.3) is 5.56 Å². The number of hydrogen-bond acceptors (Lipinski definition) is 6. The first-order chi connectivity index (χ1) is 14.0. The minimum Gasteiger partial charge on any atom is -0.449 e. The Morgan fingerprint density at radius 3 is 2.79 bits per heavy atom. The van der Waals surface area contributed by atoms with E-state index in [4.69, 9.17) is 10.3 Å². The molecular formula is C20H22FN5O3. The first-order valence-electron chi connectivity index (χ1n) is 9.84. The lowest BCUT2D eigenvalue weighted by Gasteiger charge is -2.24. The number of oxazole rings is 1. The van der Waals surface area contributed by atoms with Gasteiger partial charge in [-0.25, -0.2) is 14.2 Å². The average molecular weight is 399 g/mol. The van der Waals surface area contributed by atoms with Gasteiger partial charge in [0.15, 0.2) is 5.89 Å². The summed E-state index contributed by atoms with van der Waals surface area (Å²) in [6.45, 7) is 3.13. The summed E-state index contributed by atoms with van der Waals surface area (Å²) in [6, 6.07) is 1.23. The third-order valence-corrected chi connectivity index (χ3v) is 6.03. The monoisotopic (exact) mass is 399 g/mol. The van der Waals surface area contributed by atoms with Crippen LogP contribution in [0.25, 0.3) is 10.9 Å². The summed E-state index contributed by atoms with van der Waals surface area (Å²) in [6.07, 6.45) is 6.46. The van der Waals surface area contributed by atoms with E-state index in [1.54, 1.807) is 24.0 Å². The normalized spacial score (nSPS) is 19.4. The molecule has 5 rings (SSSR count). The van der Waals surface area contributed by atoms with E-state index < -0.39 is 17.1 Å². The number of benzene rings is 1. The summed E-state index contributed by atoms with van der Waals surface area (Å²) in [7, 11) is 0. The SMILES string of the molecule is Cc1c(N2CCC(Cc3ncco3)C2)c(F)cc2c(=O)n(N)c(=O)n(C3CC3)c12. The minimum absolute atomic E-state index is 0.00812. The molecule has 3 heterocycles. The van der Waals surface area contributed by atoms with Crippen LogP contribution in [0.2, 0.25) is 0 Å². The van der Waals surface area contributed by atoms with Crippen LogP contribution >= 0.6 is 0 Å². The van der Waals surface area contributed by atoms with Gasteiger partial charge in [0.1, 0.15) is 12.1 Å². The molecule has 1 unspecified atom stereocenters. The quantitative estimate of drug-likeness (QED) is 0.671. The van der Waals surface area contributed by atoms with Crippen LogP contribution in [-0.2, 0) is 6.42 Å². The predicted molar refractivity (Wildman–Crippen MR) is 106 cm³/mol. The zero-order valence-corrected chi connectivity index (χ0v) is 16.1.